The van der Waals surface area contributed by atoms with Gasteiger partial charge in [-0.05, 0) is 147 Å². The predicted molar refractivity (Wildman–Crippen MR) is 186 cm³/mol. The Balaban J connectivity index is 1.23. The Bertz CT molecular complexity index is 1370. The number of methoxy groups -OCH3 is 3. The maximum atomic E-state index is 13.3. The second kappa shape index (κ2) is 12.4. The van der Waals surface area contributed by atoms with Gasteiger partial charge < -0.3 is 24.1 Å². The van der Waals surface area contributed by atoms with Crippen LogP contribution >= 0.6 is 0 Å². The first kappa shape index (κ1) is 34.4. The first-order valence-electron chi connectivity index (χ1n) is 18.3. The lowest BCUT2D eigenvalue weighted by Gasteiger charge is -2.72. The average Bonchev–Trinajstić information content (AvgIpc) is 3.44. The number of carbonyl (C=O) groups excluding carboxylic acids is 1. The molecule has 11 unspecified atom stereocenters. The molecule has 0 aliphatic heterocycles. The summed E-state index contributed by atoms with van der Waals surface area (Å²) in [5, 5.41) is 10.8. The van der Waals surface area contributed by atoms with Crippen LogP contribution < -0.4 is 14.2 Å². The van der Waals surface area contributed by atoms with E-state index in [1.165, 1.54) is 43.8 Å². The highest BCUT2D eigenvalue weighted by Crippen LogP contribution is 2.76. The number of carbonyl (C=O) groups is 1. The Morgan fingerprint density at radius 3 is 2.23 bits per heavy atom. The summed E-state index contributed by atoms with van der Waals surface area (Å²) in [6.45, 7) is 17.4. The zero-order valence-corrected chi connectivity index (χ0v) is 30.3. The highest BCUT2D eigenvalue weighted by molar-refractivity contribution is 5.87. The Labute approximate surface area is 283 Å². The summed E-state index contributed by atoms with van der Waals surface area (Å²) in [6, 6.07) is 3.66. The van der Waals surface area contributed by atoms with Gasteiger partial charge in [-0.25, -0.2) is 4.79 Å². The van der Waals surface area contributed by atoms with Crippen molar-refractivity contribution in [3.8, 4) is 17.2 Å². The molecule has 6 heteroatoms. The van der Waals surface area contributed by atoms with Crippen LogP contribution in [0.1, 0.15) is 104 Å². The van der Waals surface area contributed by atoms with Crippen molar-refractivity contribution < 1.29 is 28.8 Å². The van der Waals surface area contributed by atoms with E-state index in [-0.39, 0.29) is 28.3 Å². The molecule has 6 rings (SSSR count). The van der Waals surface area contributed by atoms with Crippen molar-refractivity contribution in [2.75, 3.05) is 27.9 Å². The van der Waals surface area contributed by atoms with Crippen molar-refractivity contribution in [1.29, 1.82) is 0 Å². The van der Waals surface area contributed by atoms with Crippen LogP contribution in [0.2, 0.25) is 0 Å². The van der Waals surface area contributed by atoms with E-state index in [0.29, 0.717) is 64.8 Å². The van der Waals surface area contributed by atoms with Gasteiger partial charge >= 0.3 is 5.97 Å². The lowest BCUT2D eigenvalue weighted by molar-refractivity contribution is -0.238. The van der Waals surface area contributed by atoms with Gasteiger partial charge in [0.05, 0.1) is 34.0 Å². The van der Waals surface area contributed by atoms with Crippen molar-refractivity contribution in [2.45, 2.75) is 105 Å². The molecule has 6 nitrogen and oxygen atoms in total. The lowest BCUT2D eigenvalue weighted by Crippen LogP contribution is -2.65. The SMILES string of the molecule is C=C(C)C1CCC2(COC(=O)C=Cc3cc(OC)c(OC)c(OC)c3)CCC3(C)C(CCC4C5(C)CCC(O)C(C)C5CCC43C)C12. The van der Waals surface area contributed by atoms with E-state index in [9.17, 15) is 9.90 Å². The van der Waals surface area contributed by atoms with Crippen molar-refractivity contribution in [2.24, 2.45) is 57.2 Å². The molecule has 0 bridgehead atoms. The standard InChI is InChI=1S/C41H60O6/c1-25(2)28-14-19-41(24-47-35(43)13-10-27-22-32(44-7)37(46-9)33(23-27)45-8)21-20-39(5)30(36(28)41)11-12-34-38(4)17-16-31(42)26(3)29(38)15-18-40(34,39)6/h10,13,22-23,26,28-31,34,36,42H,1,11-12,14-21,24H2,2-9H3. The maximum absolute atomic E-state index is 13.3. The summed E-state index contributed by atoms with van der Waals surface area (Å²) in [4.78, 5) is 13.3. The average molecular weight is 649 g/mol. The maximum Gasteiger partial charge on any atom is 0.330 e. The van der Waals surface area contributed by atoms with Crippen molar-refractivity contribution in [1.82, 2.24) is 0 Å². The fraction of sp³-hybridized carbons (Fsp3) is 0.732. The zero-order chi connectivity index (χ0) is 33.9. The summed E-state index contributed by atoms with van der Waals surface area (Å²) in [6.07, 6.45) is 14.8. The van der Waals surface area contributed by atoms with E-state index in [2.05, 4.69) is 41.2 Å². The van der Waals surface area contributed by atoms with E-state index in [0.717, 1.165) is 37.7 Å². The van der Waals surface area contributed by atoms with Gasteiger partial charge in [-0.2, -0.15) is 0 Å². The number of esters is 1. The van der Waals surface area contributed by atoms with Crippen LogP contribution in [0.4, 0.5) is 0 Å². The Morgan fingerprint density at radius 1 is 0.894 bits per heavy atom. The third-order valence-corrected chi connectivity index (χ3v) is 15.4. The Kier molecular flexibility index (Phi) is 9.11. The molecular weight excluding hydrogens is 588 g/mol. The molecule has 0 aromatic heterocycles. The molecule has 5 aliphatic rings. The van der Waals surface area contributed by atoms with E-state index in [1.807, 2.05) is 12.1 Å². The number of benzene rings is 1. The van der Waals surface area contributed by atoms with Crippen LogP contribution in [-0.4, -0.2) is 45.1 Å². The smallest absolute Gasteiger partial charge is 0.330 e. The topological polar surface area (TPSA) is 74.2 Å². The fourth-order valence-corrected chi connectivity index (χ4v) is 12.8. The number of aliphatic hydroxyl groups is 1. The van der Waals surface area contributed by atoms with Gasteiger partial charge in [0.2, 0.25) is 5.75 Å². The number of hydrogen-bond acceptors (Lipinski definition) is 6. The molecule has 1 aromatic rings. The first-order chi connectivity index (χ1) is 22.3. The highest BCUT2D eigenvalue weighted by Gasteiger charge is 2.70. The van der Waals surface area contributed by atoms with Gasteiger partial charge in [0.25, 0.3) is 0 Å². The molecule has 260 valence electrons. The largest absolute Gasteiger partial charge is 0.493 e. The van der Waals surface area contributed by atoms with Crippen LogP contribution in [0.3, 0.4) is 0 Å². The molecule has 47 heavy (non-hydrogen) atoms. The van der Waals surface area contributed by atoms with E-state index in [4.69, 9.17) is 18.9 Å². The summed E-state index contributed by atoms with van der Waals surface area (Å²) >= 11 is 0. The third kappa shape index (κ3) is 5.25. The molecule has 5 saturated carbocycles. The summed E-state index contributed by atoms with van der Waals surface area (Å²) < 4.78 is 22.6. The number of allylic oxidation sites excluding steroid dienone is 1. The number of hydrogen-bond donors (Lipinski definition) is 1. The second-order valence-corrected chi connectivity index (χ2v) is 17.0. The molecular formula is C41H60O6. The van der Waals surface area contributed by atoms with Crippen molar-refractivity contribution in [3.05, 3.63) is 35.9 Å². The minimum absolute atomic E-state index is 0.00237. The van der Waals surface area contributed by atoms with Crippen molar-refractivity contribution in [3.63, 3.8) is 0 Å². The molecule has 0 amide bonds. The first-order valence-corrected chi connectivity index (χ1v) is 18.3. The Morgan fingerprint density at radius 2 is 1.60 bits per heavy atom. The number of rotatable bonds is 8. The summed E-state index contributed by atoms with van der Waals surface area (Å²) in [7, 11) is 4.75. The Hall–Kier alpha value is -2.47. The molecule has 1 N–H and O–H groups in total. The van der Waals surface area contributed by atoms with Gasteiger partial charge in [0, 0.05) is 11.5 Å². The molecule has 0 saturated heterocycles. The second-order valence-electron chi connectivity index (χ2n) is 17.0. The highest BCUT2D eigenvalue weighted by atomic mass is 16.5. The van der Waals surface area contributed by atoms with Crippen molar-refractivity contribution >= 4 is 12.0 Å². The van der Waals surface area contributed by atoms with Gasteiger partial charge in [0.15, 0.2) is 11.5 Å². The van der Waals surface area contributed by atoms with E-state index in [1.54, 1.807) is 27.4 Å². The van der Waals surface area contributed by atoms with Crippen LogP contribution in [-0.2, 0) is 9.53 Å². The van der Waals surface area contributed by atoms with Crippen LogP contribution in [0.5, 0.6) is 17.2 Å². The van der Waals surface area contributed by atoms with Crippen LogP contribution in [0, 0.1) is 57.2 Å². The fourth-order valence-electron chi connectivity index (χ4n) is 12.8. The minimum Gasteiger partial charge on any atom is -0.493 e. The van der Waals surface area contributed by atoms with Crippen LogP contribution in [0.25, 0.3) is 6.08 Å². The lowest BCUT2D eigenvalue weighted by atomic mass is 9.33. The summed E-state index contributed by atoms with van der Waals surface area (Å²) in [5.41, 5.74) is 2.89. The normalized spacial score (nSPS) is 42.4. The summed E-state index contributed by atoms with van der Waals surface area (Å²) in [5.74, 6) is 4.57. The minimum atomic E-state index is -0.311. The number of ether oxygens (including phenoxy) is 4. The molecule has 5 aliphatic carbocycles. The third-order valence-electron chi connectivity index (χ3n) is 15.4. The van der Waals surface area contributed by atoms with E-state index >= 15 is 0 Å². The molecule has 0 radical (unpaired) electrons. The monoisotopic (exact) mass is 648 g/mol. The van der Waals surface area contributed by atoms with Gasteiger partial charge in [-0.15, -0.1) is 0 Å². The van der Waals surface area contributed by atoms with Crippen LogP contribution in [0.15, 0.2) is 30.4 Å². The van der Waals surface area contributed by atoms with Gasteiger partial charge in [-0.1, -0.05) is 39.8 Å². The quantitative estimate of drug-likeness (QED) is 0.172. The number of fused-ring (bicyclic) bond motifs is 7. The molecule has 0 spiro atoms. The zero-order valence-electron chi connectivity index (χ0n) is 30.3. The molecule has 1 aromatic carbocycles. The van der Waals surface area contributed by atoms with E-state index < -0.39 is 0 Å². The molecule has 11 atom stereocenters. The van der Waals surface area contributed by atoms with Gasteiger partial charge in [0.1, 0.15) is 0 Å². The molecule has 5 fully saturated rings. The predicted octanol–water partition coefficient (Wildman–Crippen LogP) is 8.90. The van der Waals surface area contributed by atoms with Gasteiger partial charge in [-0.3, -0.25) is 0 Å². The number of aliphatic hydroxyl groups excluding tert-OH is 1. The molecule has 0 heterocycles.